The minimum absolute atomic E-state index is 0.230. The zero-order chi connectivity index (χ0) is 13.7. The van der Waals surface area contributed by atoms with Gasteiger partial charge in [0.1, 0.15) is 11.5 Å². The van der Waals surface area contributed by atoms with Crippen molar-refractivity contribution in [2.45, 2.75) is 6.42 Å². The molecule has 19 heavy (non-hydrogen) atoms. The molecule has 0 bridgehead atoms. The second kappa shape index (κ2) is 5.94. The van der Waals surface area contributed by atoms with Gasteiger partial charge in [-0.05, 0) is 6.07 Å². The smallest absolute Gasteiger partial charge is 0.271 e. The Bertz CT molecular complexity index is 565. The van der Waals surface area contributed by atoms with Gasteiger partial charge in [0, 0.05) is 39.0 Å². The van der Waals surface area contributed by atoms with E-state index >= 15 is 0 Å². The van der Waals surface area contributed by atoms with Crippen molar-refractivity contribution in [2.75, 3.05) is 18.9 Å². The number of aryl methyl sites for hydroxylation is 1. The van der Waals surface area contributed by atoms with E-state index in [0.717, 1.165) is 12.1 Å². The van der Waals surface area contributed by atoms with E-state index in [1.54, 1.807) is 24.1 Å². The van der Waals surface area contributed by atoms with Gasteiger partial charge in [0.25, 0.3) is 5.91 Å². The highest BCUT2D eigenvalue weighted by molar-refractivity contribution is 5.92. The molecule has 0 fully saturated rings. The topological polar surface area (TPSA) is 84.7 Å². The molecule has 0 radical (unpaired) electrons. The number of hydrogen-bond acceptors (Lipinski definition) is 5. The van der Waals surface area contributed by atoms with Crippen LogP contribution < -0.4 is 10.6 Å². The average molecular weight is 260 g/mol. The number of anilines is 1. The molecule has 7 heteroatoms. The number of carbonyl (C=O) groups excluding carboxylic acids is 1. The average Bonchev–Trinajstić information content (AvgIpc) is 2.84. The number of rotatable bonds is 5. The van der Waals surface area contributed by atoms with Crippen LogP contribution in [0.2, 0.25) is 0 Å². The molecule has 1 amide bonds. The maximum Gasteiger partial charge on any atom is 0.271 e. The second-order valence-corrected chi connectivity index (χ2v) is 3.99. The Hall–Kier alpha value is -2.44. The number of amides is 1. The molecular weight excluding hydrogens is 244 g/mol. The quantitative estimate of drug-likeness (QED) is 0.803. The Balaban J connectivity index is 1.89. The van der Waals surface area contributed by atoms with Gasteiger partial charge in [-0.3, -0.25) is 14.5 Å². The fourth-order valence-electron chi connectivity index (χ4n) is 1.64. The lowest BCUT2D eigenvalue weighted by Crippen LogP contribution is -2.27. The van der Waals surface area contributed by atoms with Crippen molar-refractivity contribution < 1.29 is 4.79 Å². The summed E-state index contributed by atoms with van der Waals surface area (Å²) in [6.07, 6.45) is 5.47. The van der Waals surface area contributed by atoms with E-state index in [0.29, 0.717) is 18.1 Å². The van der Waals surface area contributed by atoms with E-state index in [1.165, 1.54) is 6.20 Å². The van der Waals surface area contributed by atoms with Crippen LogP contribution in [0.3, 0.4) is 0 Å². The summed E-state index contributed by atoms with van der Waals surface area (Å²) < 4.78 is 1.79. The first-order valence-electron chi connectivity index (χ1n) is 5.95. The standard InChI is InChI=1S/C12H16N6O/c1-13-11-8-14-7-10(17-11)12(19)15-5-3-9-4-6-16-18(9)2/h4,6-8H,3,5H2,1-2H3,(H,13,17)(H,15,19). The maximum absolute atomic E-state index is 11.9. The molecule has 0 aromatic carbocycles. The molecule has 2 rings (SSSR count). The van der Waals surface area contributed by atoms with Crippen LogP contribution in [0.15, 0.2) is 24.7 Å². The number of hydrogen-bond donors (Lipinski definition) is 2. The van der Waals surface area contributed by atoms with Crippen LogP contribution in [0.4, 0.5) is 5.82 Å². The summed E-state index contributed by atoms with van der Waals surface area (Å²) in [7, 11) is 3.60. The van der Waals surface area contributed by atoms with Crippen molar-refractivity contribution in [3.8, 4) is 0 Å². The highest BCUT2D eigenvalue weighted by atomic mass is 16.1. The fraction of sp³-hybridized carbons (Fsp3) is 0.333. The highest BCUT2D eigenvalue weighted by Gasteiger charge is 2.08. The third-order valence-corrected chi connectivity index (χ3v) is 2.71. The van der Waals surface area contributed by atoms with Crippen LogP contribution in [-0.4, -0.2) is 39.2 Å². The lowest BCUT2D eigenvalue weighted by atomic mass is 10.3. The molecule has 2 aromatic rings. The largest absolute Gasteiger partial charge is 0.372 e. The molecule has 2 N–H and O–H groups in total. The van der Waals surface area contributed by atoms with Gasteiger partial charge in [0.15, 0.2) is 0 Å². The molecular formula is C12H16N6O. The van der Waals surface area contributed by atoms with Crippen LogP contribution in [0, 0.1) is 0 Å². The van der Waals surface area contributed by atoms with E-state index in [1.807, 2.05) is 13.1 Å². The summed E-state index contributed by atoms with van der Waals surface area (Å²) in [6.45, 7) is 0.532. The number of nitrogens with one attached hydrogen (secondary N) is 2. The van der Waals surface area contributed by atoms with Crippen LogP contribution in [0.25, 0.3) is 0 Å². The zero-order valence-corrected chi connectivity index (χ0v) is 10.9. The zero-order valence-electron chi connectivity index (χ0n) is 10.9. The second-order valence-electron chi connectivity index (χ2n) is 3.99. The molecule has 7 nitrogen and oxygen atoms in total. The van der Waals surface area contributed by atoms with Gasteiger partial charge >= 0.3 is 0 Å². The first-order valence-corrected chi connectivity index (χ1v) is 5.95. The van der Waals surface area contributed by atoms with Crippen LogP contribution in [0.5, 0.6) is 0 Å². The third-order valence-electron chi connectivity index (χ3n) is 2.71. The van der Waals surface area contributed by atoms with Gasteiger partial charge in [0.05, 0.1) is 12.4 Å². The predicted molar refractivity (Wildman–Crippen MR) is 70.8 cm³/mol. The van der Waals surface area contributed by atoms with Crippen molar-refractivity contribution in [2.24, 2.45) is 7.05 Å². The van der Waals surface area contributed by atoms with E-state index < -0.39 is 0 Å². The van der Waals surface area contributed by atoms with Crippen molar-refractivity contribution in [3.63, 3.8) is 0 Å². The van der Waals surface area contributed by atoms with Crippen molar-refractivity contribution >= 4 is 11.7 Å². The lowest BCUT2D eigenvalue weighted by molar-refractivity contribution is 0.0948. The fourth-order valence-corrected chi connectivity index (χ4v) is 1.64. The van der Waals surface area contributed by atoms with E-state index in [-0.39, 0.29) is 5.91 Å². The van der Waals surface area contributed by atoms with Crippen LogP contribution >= 0.6 is 0 Å². The molecule has 0 unspecified atom stereocenters. The lowest BCUT2D eigenvalue weighted by Gasteiger charge is -2.06. The Morgan fingerprint density at radius 2 is 2.26 bits per heavy atom. The summed E-state index contributed by atoms with van der Waals surface area (Å²) in [4.78, 5) is 19.9. The summed E-state index contributed by atoms with van der Waals surface area (Å²) in [5.74, 6) is 0.339. The maximum atomic E-state index is 11.9. The molecule has 2 heterocycles. The molecule has 0 aliphatic rings. The van der Waals surface area contributed by atoms with Gasteiger partial charge in [-0.15, -0.1) is 0 Å². The number of aromatic nitrogens is 4. The van der Waals surface area contributed by atoms with Crippen LogP contribution in [-0.2, 0) is 13.5 Å². The molecule has 0 atom stereocenters. The van der Waals surface area contributed by atoms with Crippen LogP contribution in [0.1, 0.15) is 16.2 Å². The van der Waals surface area contributed by atoms with E-state index in [4.69, 9.17) is 0 Å². The first kappa shape index (κ1) is 13.0. The first-order chi connectivity index (χ1) is 9.20. The summed E-state index contributed by atoms with van der Waals surface area (Å²) in [6, 6.07) is 1.92. The molecule has 0 aliphatic carbocycles. The van der Waals surface area contributed by atoms with Gasteiger partial charge < -0.3 is 10.6 Å². The Morgan fingerprint density at radius 3 is 2.95 bits per heavy atom. The Kier molecular flexibility index (Phi) is 4.07. The molecule has 2 aromatic heterocycles. The minimum atomic E-state index is -0.230. The van der Waals surface area contributed by atoms with Gasteiger partial charge in [-0.25, -0.2) is 4.98 Å². The molecule has 0 aliphatic heterocycles. The van der Waals surface area contributed by atoms with Gasteiger partial charge in [0.2, 0.25) is 0 Å². The van der Waals surface area contributed by atoms with Crippen molar-refractivity contribution in [1.29, 1.82) is 0 Å². The Morgan fingerprint density at radius 1 is 1.42 bits per heavy atom. The summed E-state index contributed by atoms with van der Waals surface area (Å²) >= 11 is 0. The normalized spacial score (nSPS) is 10.2. The number of carbonyl (C=O) groups is 1. The summed E-state index contributed by atoms with van der Waals surface area (Å²) in [5.41, 5.74) is 1.37. The third kappa shape index (κ3) is 3.27. The molecule has 100 valence electrons. The van der Waals surface area contributed by atoms with E-state index in [2.05, 4.69) is 25.7 Å². The highest BCUT2D eigenvalue weighted by Crippen LogP contribution is 2.01. The molecule has 0 saturated heterocycles. The predicted octanol–water partition coefficient (Wildman–Crippen LogP) is 0.224. The Labute approximate surface area is 111 Å². The molecule has 0 saturated carbocycles. The SMILES string of the molecule is CNc1cncc(C(=O)NCCc2ccnn2C)n1. The van der Waals surface area contributed by atoms with Gasteiger partial charge in [-0.1, -0.05) is 0 Å². The van der Waals surface area contributed by atoms with Crippen molar-refractivity contribution in [1.82, 2.24) is 25.1 Å². The van der Waals surface area contributed by atoms with Crippen molar-refractivity contribution in [3.05, 3.63) is 36.0 Å². The van der Waals surface area contributed by atoms with Gasteiger partial charge in [-0.2, -0.15) is 5.10 Å². The summed E-state index contributed by atoms with van der Waals surface area (Å²) in [5, 5.41) is 9.72. The monoisotopic (exact) mass is 260 g/mol. The molecule has 0 spiro atoms. The number of nitrogens with zero attached hydrogens (tertiary/aromatic N) is 4. The minimum Gasteiger partial charge on any atom is -0.372 e. The van der Waals surface area contributed by atoms with E-state index in [9.17, 15) is 4.79 Å².